The van der Waals surface area contributed by atoms with Gasteiger partial charge in [0.1, 0.15) is 69.4 Å². The second kappa shape index (κ2) is 90.0. The number of halogens is 2. The average Bonchev–Trinajstić information content (AvgIpc) is 0.921. The van der Waals surface area contributed by atoms with Crippen molar-refractivity contribution in [3.05, 3.63) is 0 Å². The first-order valence-electron chi connectivity index (χ1n) is 36.9. The number of carbonyl (C=O) groups is 15. The number of ether oxygens (including phenoxy) is 6. The number of hydrogen-bond acceptors (Lipinski definition) is 30. The number of alkyl halides is 2. The molecule has 0 aromatic carbocycles. The van der Waals surface area contributed by atoms with E-state index < -0.39 is 124 Å². The normalized spacial score (nSPS) is 11.0. The summed E-state index contributed by atoms with van der Waals surface area (Å²) in [6, 6.07) is -3.60. The van der Waals surface area contributed by atoms with Crippen LogP contribution < -0.4 is 96.5 Å². The second-order valence-electron chi connectivity index (χ2n) is 29.5. The SMILES string of the molecule is CC(=O)OOC(C)=O.CC(=O)[O-].CC(C)(C)OC(=O)C=O.CC(C)(C)OC(=O)CBr.CC(C)(C)OC(=O)N[C@@H](CCCCN)C(=O)O.CC=O.CCN(C)CCCC[C@H](NC(=O)OC(C)(C)C)C(=O)O.CCN(CC)CCCC[C@H](NC(=O)OC(C)(C)C)C(=O)O.CCNCCCC[C@H](NC(=O)OC(C)(C)C)C(=O)O.CI.O=C=O.[B].[B].[H-].[Na+].[Na+]. The first kappa shape index (κ1) is 148. The van der Waals surface area contributed by atoms with E-state index in [4.69, 9.17) is 74.1 Å². The van der Waals surface area contributed by atoms with Gasteiger partial charge in [-0.05, 0) is 280 Å². The third-order valence-electron chi connectivity index (χ3n) is 11.5. The van der Waals surface area contributed by atoms with Crippen molar-refractivity contribution in [1.82, 2.24) is 36.4 Å². The van der Waals surface area contributed by atoms with Crippen LogP contribution in [0.15, 0.2) is 0 Å². The Balaban J connectivity index is -0.0000000743. The van der Waals surface area contributed by atoms with E-state index in [1.807, 2.05) is 39.7 Å². The summed E-state index contributed by atoms with van der Waals surface area (Å²) in [4.78, 5) is 188. The number of amides is 4. The Morgan fingerprint density at radius 2 is 0.723 bits per heavy atom. The van der Waals surface area contributed by atoms with Crippen LogP contribution in [0.25, 0.3) is 0 Å². The summed E-state index contributed by atoms with van der Waals surface area (Å²) in [6.07, 6.45) is 6.31. The molecule has 0 unspecified atom stereocenters. The van der Waals surface area contributed by atoms with E-state index in [0.29, 0.717) is 38.6 Å². The molecule has 0 aromatic heterocycles. The monoisotopic (exact) mass is 1910 g/mol. The summed E-state index contributed by atoms with van der Waals surface area (Å²) in [7, 11) is 2.02. The van der Waals surface area contributed by atoms with Gasteiger partial charge in [-0.1, -0.05) is 66.2 Å². The van der Waals surface area contributed by atoms with E-state index in [1.165, 1.54) is 6.92 Å². The molecule has 11 N–H and O–H groups in total. The van der Waals surface area contributed by atoms with Crippen LogP contribution in [0.3, 0.4) is 0 Å². The van der Waals surface area contributed by atoms with E-state index in [-0.39, 0.29) is 107 Å². The molecule has 0 fully saturated rings. The van der Waals surface area contributed by atoms with Gasteiger partial charge < -0.3 is 107 Å². The molecule has 119 heavy (non-hydrogen) atoms. The smallest absolute Gasteiger partial charge is 1.00 e. The van der Waals surface area contributed by atoms with Gasteiger partial charge in [0.15, 0.2) is 0 Å². The van der Waals surface area contributed by atoms with E-state index in [1.54, 1.807) is 104 Å². The third-order valence-corrected chi connectivity index (χ3v) is 11.9. The molecule has 38 nitrogen and oxygen atoms in total. The van der Waals surface area contributed by atoms with Gasteiger partial charge in [0.25, 0.3) is 0 Å². The third kappa shape index (κ3) is 144. The maximum absolute atomic E-state index is 11.6. The maximum Gasteiger partial charge on any atom is 1.00 e. The fourth-order valence-corrected chi connectivity index (χ4v) is 7.14. The van der Waals surface area contributed by atoms with Crippen LogP contribution in [0.2, 0.25) is 0 Å². The number of carboxylic acids is 5. The second-order valence-corrected chi connectivity index (χ2v) is 30.1. The number of nitrogens with one attached hydrogen (secondary N) is 5. The molecule has 4 amide bonds. The zero-order valence-electron chi connectivity index (χ0n) is 77.6. The number of nitrogens with two attached hydrogens (primary N) is 1. The van der Waals surface area contributed by atoms with Crippen LogP contribution >= 0.6 is 38.5 Å². The van der Waals surface area contributed by atoms with Crippen molar-refractivity contribution in [2.75, 3.05) is 69.7 Å². The van der Waals surface area contributed by atoms with Crippen LogP contribution in [-0.4, -0.2) is 271 Å². The summed E-state index contributed by atoms with van der Waals surface area (Å²) >= 11 is 5.14. The van der Waals surface area contributed by atoms with Gasteiger partial charge in [0, 0.05) is 36.6 Å². The van der Waals surface area contributed by atoms with Crippen molar-refractivity contribution in [2.45, 2.75) is 315 Å². The number of aliphatic carboxylic acids is 5. The van der Waals surface area contributed by atoms with Crippen LogP contribution in [0, 0.1) is 0 Å². The Labute approximate surface area is 778 Å². The number of alkyl carbamates (subject to hydrolysis) is 4. The molecule has 686 valence electrons. The zero-order chi connectivity index (χ0) is 93.1. The van der Waals surface area contributed by atoms with Crippen LogP contribution in [0.4, 0.5) is 19.2 Å². The Morgan fingerprint density at radius 3 is 0.899 bits per heavy atom. The predicted molar refractivity (Wildman–Crippen MR) is 452 cm³/mol. The number of carbonyl (C=O) groups excluding carboxylic acids is 13. The molecule has 0 aliphatic heterocycles. The van der Waals surface area contributed by atoms with Gasteiger partial charge in [-0.25, -0.2) is 62.5 Å². The molecule has 0 saturated heterocycles. The number of aldehydes is 2. The molecular weight excluding hydrogens is 1770 g/mol. The molecule has 0 aliphatic carbocycles. The Bertz CT molecular complexity index is 2700. The largest absolute Gasteiger partial charge is 1.00 e. The molecule has 0 heterocycles. The van der Waals surface area contributed by atoms with Crippen LogP contribution in [0.1, 0.15) is 258 Å². The van der Waals surface area contributed by atoms with Gasteiger partial charge in [0.2, 0.25) is 6.29 Å². The summed E-state index contributed by atoms with van der Waals surface area (Å²) in [6.45, 7) is 51.5. The number of nitrogens with zero attached hydrogens (tertiary/aromatic N) is 2. The summed E-state index contributed by atoms with van der Waals surface area (Å²) in [5, 5.41) is 58.0. The molecule has 0 aromatic rings. The minimum Gasteiger partial charge on any atom is -1.00 e. The molecule has 0 aliphatic rings. The first-order valence-corrected chi connectivity index (χ1v) is 40.2. The number of carboxylic acid groups (broad SMARTS) is 5. The van der Waals surface area contributed by atoms with Crippen molar-refractivity contribution < 1.29 is 206 Å². The Morgan fingerprint density at radius 1 is 0.479 bits per heavy atom. The quantitative estimate of drug-likeness (QED) is 0.00431. The van der Waals surface area contributed by atoms with Crippen LogP contribution in [-0.2, 0) is 101 Å². The van der Waals surface area contributed by atoms with Crippen molar-refractivity contribution in [1.29, 1.82) is 0 Å². The standard InChI is InChI=1S/C15H30N2O4.C14H28N2O4.C13H26N2O4.C11H22N2O4.C6H11BrO2.C6H10O3.C4H6O4.C2H4O2.C2H4O.CH3I.CO2.2B.2Na.H/c1-6-17(7-2)11-9-8-10-12(13(18)19)16-14(20)21-15(3,4)5;1-6-16(5)10-8-7-9-11(12(17)18)15-13(19)20-14(2,3)4;1-5-14-9-7-6-8-10(11(16)17)15-12(18)19-13(2,3)4;1-11(2,3)17-10(16)13-8(9(14)15)6-4-5-7-12;2*1-6(2,3)9-5(8)4-7;1-3(5)7-8-4(2)6;1-2(3)4;1-2-3;1-2;2-1-3;;;;;/h12H,6-11H2,1-5H3,(H,16,20)(H,18,19);11H,6-10H2,1-5H3,(H,15,19)(H,17,18);10,14H,5-9H2,1-4H3,(H,15,18)(H,16,17);8H,4-7,12H2,1-3H3,(H,13,16)(H,14,15);4H2,1-3H3;4H,1-3H3;1-2H3;1H3,(H,3,4);2H,1H3;1H3;;;;;;/q;;;;;;;;;;;;;2*+1;-1/p-1/t12-;11-;10-;8-;;;;;;;;;;;;/m0000............/s1. The zero-order valence-corrected chi connectivity index (χ0v) is 84.3. The minimum absolute atomic E-state index is 0. The van der Waals surface area contributed by atoms with E-state index in [0.717, 1.165) is 118 Å². The van der Waals surface area contributed by atoms with Gasteiger partial charge >= 0.3 is 137 Å². The van der Waals surface area contributed by atoms with E-state index in [9.17, 15) is 62.3 Å². The molecule has 4 atom stereocenters. The van der Waals surface area contributed by atoms with E-state index in [2.05, 4.69) is 110 Å². The predicted octanol–water partition coefficient (Wildman–Crippen LogP) is 2.47. The Hall–Kier alpha value is -5.79. The topological polar surface area (TPSA) is 561 Å². The Kier molecular flexibility index (Phi) is 112. The van der Waals surface area contributed by atoms with Crippen molar-refractivity contribution >= 4 is 152 Å². The summed E-state index contributed by atoms with van der Waals surface area (Å²) < 4.78 is 29.6. The van der Waals surface area contributed by atoms with Gasteiger partial charge in [-0.15, -0.1) is 0 Å². The molecule has 6 radical (unpaired) electrons. The van der Waals surface area contributed by atoms with Crippen molar-refractivity contribution in [3.8, 4) is 0 Å². The fraction of sp³-hybridized carbons (Fsp3) is 0.787. The minimum atomic E-state index is -1.08. The van der Waals surface area contributed by atoms with Gasteiger partial charge in [-0.2, -0.15) is 9.59 Å². The number of esters is 2. The molecule has 0 saturated carbocycles. The van der Waals surface area contributed by atoms with Crippen LogP contribution in [0.5, 0.6) is 0 Å². The van der Waals surface area contributed by atoms with Gasteiger partial charge in [0.05, 0.1) is 0 Å². The molecule has 0 bridgehead atoms. The summed E-state index contributed by atoms with van der Waals surface area (Å²) in [5.41, 5.74) is 1.88. The molecule has 0 spiro atoms. The number of hydrogen-bond donors (Lipinski definition) is 10. The maximum atomic E-state index is 11.6. The molecule has 0 rings (SSSR count). The number of unbranched alkanes of at least 4 members (excludes halogenated alkanes) is 4. The van der Waals surface area contributed by atoms with Crippen molar-refractivity contribution in [3.63, 3.8) is 0 Å². The first-order chi connectivity index (χ1) is 52.5. The number of rotatable bonds is 33. The fourth-order valence-electron chi connectivity index (χ4n) is 7.02. The molecular formula is C75H144B2BrIN8Na2O30. The molecule has 44 heteroatoms. The van der Waals surface area contributed by atoms with E-state index >= 15 is 0 Å². The van der Waals surface area contributed by atoms with Crippen molar-refractivity contribution in [2.24, 2.45) is 5.73 Å². The summed E-state index contributed by atoms with van der Waals surface area (Å²) in [5.74, 6) is -7.55. The average molecular weight is 1910 g/mol. The van der Waals surface area contributed by atoms with Gasteiger partial charge in [-0.3, -0.25) is 9.59 Å².